The Balaban J connectivity index is 2.01. The summed E-state index contributed by atoms with van der Waals surface area (Å²) < 4.78 is 2.37. The van der Waals surface area contributed by atoms with Crippen molar-refractivity contribution in [3.63, 3.8) is 0 Å². The average Bonchev–Trinajstić information content (AvgIpc) is 2.72. The fraction of sp³-hybridized carbons (Fsp3) is 0.625. The van der Waals surface area contributed by atoms with Crippen molar-refractivity contribution >= 4 is 33.8 Å². The molecule has 114 valence electrons. The molecule has 0 aliphatic heterocycles. The molecule has 0 saturated heterocycles. The van der Waals surface area contributed by atoms with Crippen LogP contribution in [-0.4, -0.2) is 9.55 Å². The number of thiophene rings is 1. The van der Waals surface area contributed by atoms with E-state index in [1.165, 1.54) is 30.6 Å². The monoisotopic (exact) mass is 322 g/mol. The van der Waals surface area contributed by atoms with Crippen LogP contribution in [0, 0.1) is 30.5 Å². The molecule has 2 aromatic rings. The zero-order valence-corrected chi connectivity index (χ0v) is 14.5. The molecule has 0 bridgehead atoms. The summed E-state index contributed by atoms with van der Waals surface area (Å²) in [6, 6.07) is 0. The molecule has 0 atom stereocenters. The Morgan fingerprint density at radius 1 is 1.29 bits per heavy atom. The molecule has 1 aliphatic carbocycles. The fourth-order valence-corrected chi connectivity index (χ4v) is 4.68. The van der Waals surface area contributed by atoms with E-state index in [2.05, 4.69) is 18.8 Å². The van der Waals surface area contributed by atoms with Gasteiger partial charge in [-0.05, 0) is 56.3 Å². The maximum absolute atomic E-state index is 12.8. The van der Waals surface area contributed by atoms with Gasteiger partial charge in [-0.25, -0.2) is 0 Å². The molecule has 3 nitrogen and oxygen atoms in total. The molecule has 2 heterocycles. The number of aryl methyl sites for hydroxylation is 2. The van der Waals surface area contributed by atoms with Crippen LogP contribution in [0.2, 0.25) is 0 Å². The first-order valence-electron chi connectivity index (χ1n) is 7.70. The van der Waals surface area contributed by atoms with Crippen LogP contribution in [0.15, 0.2) is 4.79 Å². The summed E-state index contributed by atoms with van der Waals surface area (Å²) in [7, 11) is 0. The molecule has 3 rings (SSSR count). The van der Waals surface area contributed by atoms with Gasteiger partial charge in [0.25, 0.3) is 5.56 Å². The highest BCUT2D eigenvalue weighted by Crippen LogP contribution is 2.30. The smallest absolute Gasteiger partial charge is 0.263 e. The molecule has 1 N–H and O–H groups in total. The van der Waals surface area contributed by atoms with Crippen molar-refractivity contribution in [2.75, 3.05) is 0 Å². The maximum Gasteiger partial charge on any atom is 0.263 e. The van der Waals surface area contributed by atoms with E-state index in [1.807, 2.05) is 6.92 Å². The lowest BCUT2D eigenvalue weighted by Gasteiger charge is -2.26. The lowest BCUT2D eigenvalue weighted by atomic mass is 9.83. The van der Waals surface area contributed by atoms with Crippen LogP contribution in [0.4, 0.5) is 0 Å². The van der Waals surface area contributed by atoms with Crippen LogP contribution in [0.5, 0.6) is 0 Å². The third kappa shape index (κ3) is 2.73. The topological polar surface area (TPSA) is 37.8 Å². The fourth-order valence-electron chi connectivity index (χ4n) is 3.30. The second-order valence-corrected chi connectivity index (χ2v) is 8.07. The predicted octanol–water partition coefficient (Wildman–Crippen LogP) is 4.56. The van der Waals surface area contributed by atoms with E-state index in [0.29, 0.717) is 10.7 Å². The number of fused-ring (bicyclic) bond motifs is 1. The highest BCUT2D eigenvalue weighted by Gasteiger charge is 2.20. The third-order valence-corrected chi connectivity index (χ3v) is 6.33. The summed E-state index contributed by atoms with van der Waals surface area (Å²) in [5, 5.41) is 0.829. The standard InChI is InChI=1S/C16H22N2OS2/c1-9-4-6-12(7-5-9)8-18-15(19)13-10(2)11(3)21-14(13)17-16(18)20/h9,12H,4-8H2,1-3H3,(H,17,20). The maximum atomic E-state index is 12.8. The van der Waals surface area contributed by atoms with Crippen LogP contribution in [0.25, 0.3) is 10.2 Å². The van der Waals surface area contributed by atoms with Crippen molar-refractivity contribution < 1.29 is 0 Å². The van der Waals surface area contributed by atoms with Gasteiger partial charge in [0.1, 0.15) is 4.83 Å². The van der Waals surface area contributed by atoms with Crippen molar-refractivity contribution in [1.82, 2.24) is 9.55 Å². The van der Waals surface area contributed by atoms with Gasteiger partial charge in [-0.15, -0.1) is 11.3 Å². The minimum absolute atomic E-state index is 0.0919. The van der Waals surface area contributed by atoms with E-state index < -0.39 is 0 Å². The van der Waals surface area contributed by atoms with Crippen LogP contribution in [0.3, 0.4) is 0 Å². The Morgan fingerprint density at radius 2 is 1.95 bits per heavy atom. The molecule has 1 fully saturated rings. The molecule has 1 aliphatic rings. The second-order valence-electron chi connectivity index (χ2n) is 6.46. The number of hydrogen-bond donors (Lipinski definition) is 1. The Morgan fingerprint density at radius 3 is 2.62 bits per heavy atom. The van der Waals surface area contributed by atoms with Crippen molar-refractivity contribution in [1.29, 1.82) is 0 Å². The van der Waals surface area contributed by atoms with Crippen LogP contribution in [0.1, 0.15) is 43.0 Å². The Bertz CT molecular complexity index is 776. The molecule has 21 heavy (non-hydrogen) atoms. The van der Waals surface area contributed by atoms with Crippen LogP contribution >= 0.6 is 23.6 Å². The van der Waals surface area contributed by atoms with Gasteiger partial charge in [0.2, 0.25) is 0 Å². The molecule has 0 unspecified atom stereocenters. The summed E-state index contributed by atoms with van der Waals surface area (Å²) in [4.78, 5) is 18.2. The van der Waals surface area contributed by atoms with Gasteiger partial charge < -0.3 is 4.98 Å². The van der Waals surface area contributed by atoms with Gasteiger partial charge in [-0.1, -0.05) is 19.8 Å². The molecule has 0 aromatic carbocycles. The number of nitrogens with zero attached hydrogens (tertiary/aromatic N) is 1. The zero-order valence-electron chi connectivity index (χ0n) is 12.9. The van der Waals surface area contributed by atoms with Crippen molar-refractivity contribution in [3.8, 4) is 0 Å². The van der Waals surface area contributed by atoms with E-state index in [1.54, 1.807) is 15.9 Å². The zero-order chi connectivity index (χ0) is 15.1. The van der Waals surface area contributed by atoms with E-state index >= 15 is 0 Å². The van der Waals surface area contributed by atoms with E-state index in [-0.39, 0.29) is 5.56 Å². The molecular formula is C16H22N2OS2. The molecule has 1 saturated carbocycles. The van der Waals surface area contributed by atoms with E-state index in [4.69, 9.17) is 12.2 Å². The van der Waals surface area contributed by atoms with Gasteiger partial charge in [0.05, 0.1) is 5.39 Å². The first-order valence-corrected chi connectivity index (χ1v) is 8.92. The molecule has 2 aromatic heterocycles. The van der Waals surface area contributed by atoms with Crippen molar-refractivity contribution in [2.45, 2.75) is 53.0 Å². The third-order valence-electron chi connectivity index (χ3n) is 4.89. The van der Waals surface area contributed by atoms with Gasteiger partial charge in [-0.3, -0.25) is 9.36 Å². The Labute approximate surface area is 134 Å². The minimum atomic E-state index is 0.0919. The first kappa shape index (κ1) is 15.0. The molecular weight excluding hydrogens is 300 g/mol. The highest BCUT2D eigenvalue weighted by atomic mass is 32.1. The second kappa shape index (κ2) is 5.69. The Kier molecular flexibility index (Phi) is 4.06. The Hall–Kier alpha value is -0.940. The van der Waals surface area contributed by atoms with Crippen molar-refractivity contribution in [3.05, 3.63) is 25.6 Å². The largest absolute Gasteiger partial charge is 0.323 e. The molecule has 0 spiro atoms. The summed E-state index contributed by atoms with van der Waals surface area (Å²) in [6.07, 6.45) is 4.97. The van der Waals surface area contributed by atoms with Gasteiger partial charge in [-0.2, -0.15) is 0 Å². The number of aromatic amines is 1. The minimum Gasteiger partial charge on any atom is -0.323 e. The number of hydrogen-bond acceptors (Lipinski definition) is 3. The average molecular weight is 322 g/mol. The van der Waals surface area contributed by atoms with Crippen molar-refractivity contribution in [2.24, 2.45) is 11.8 Å². The lowest BCUT2D eigenvalue weighted by Crippen LogP contribution is -2.27. The predicted molar refractivity (Wildman–Crippen MR) is 91.9 cm³/mol. The summed E-state index contributed by atoms with van der Waals surface area (Å²) in [6.45, 7) is 7.17. The summed E-state index contributed by atoms with van der Waals surface area (Å²) in [5.41, 5.74) is 1.19. The van der Waals surface area contributed by atoms with E-state index in [0.717, 1.165) is 28.2 Å². The molecule has 0 radical (unpaired) electrons. The summed E-state index contributed by atoms with van der Waals surface area (Å²) in [5.74, 6) is 1.42. The number of nitrogens with one attached hydrogen (secondary N) is 1. The SMILES string of the molecule is Cc1sc2[nH]c(=S)n(CC3CCC(C)CC3)c(=O)c2c1C. The number of aromatic nitrogens is 2. The molecule has 5 heteroatoms. The quantitative estimate of drug-likeness (QED) is 0.823. The highest BCUT2D eigenvalue weighted by molar-refractivity contribution is 7.71. The van der Waals surface area contributed by atoms with E-state index in [9.17, 15) is 4.79 Å². The van der Waals surface area contributed by atoms with Gasteiger partial charge in [0, 0.05) is 11.4 Å². The van der Waals surface area contributed by atoms with Crippen LogP contribution < -0.4 is 5.56 Å². The lowest BCUT2D eigenvalue weighted by molar-refractivity contribution is 0.261. The normalized spacial score (nSPS) is 22.8. The number of H-pyrrole nitrogens is 1. The van der Waals surface area contributed by atoms with Crippen LogP contribution in [-0.2, 0) is 6.54 Å². The van der Waals surface area contributed by atoms with Gasteiger partial charge >= 0.3 is 0 Å². The summed E-state index contributed by atoms with van der Waals surface area (Å²) >= 11 is 7.05. The van der Waals surface area contributed by atoms with Gasteiger partial charge in [0.15, 0.2) is 4.77 Å². The molecule has 0 amide bonds. The first-order chi connectivity index (χ1) is 9.97. The number of rotatable bonds is 2.